The van der Waals surface area contributed by atoms with Gasteiger partial charge in [0.25, 0.3) is 0 Å². The van der Waals surface area contributed by atoms with E-state index < -0.39 is 5.97 Å². The van der Waals surface area contributed by atoms with Crippen LogP contribution in [-0.2, 0) is 14.3 Å². The fourth-order valence-corrected chi connectivity index (χ4v) is 0.858. The maximum Gasteiger partial charge on any atom is 0.328 e. The summed E-state index contributed by atoms with van der Waals surface area (Å²) in [4.78, 5) is 10.3. The summed E-state index contributed by atoms with van der Waals surface area (Å²) in [5.41, 5.74) is 0.695. The Labute approximate surface area is 84.5 Å². The predicted octanol–water partition coefficient (Wildman–Crippen LogP) is 1.46. The minimum atomic E-state index is -0.941. The van der Waals surface area contributed by atoms with Crippen LogP contribution in [0.25, 0.3) is 0 Å². The molecule has 4 heteroatoms. The molecular formula is C10H18O4. The monoisotopic (exact) mass is 202 g/mol. The van der Waals surface area contributed by atoms with Gasteiger partial charge in [0.1, 0.15) is 0 Å². The predicted molar refractivity (Wildman–Crippen MR) is 53.3 cm³/mol. The maximum absolute atomic E-state index is 10.3. The molecule has 0 aromatic rings. The first kappa shape index (κ1) is 13.1. The molecule has 0 aliphatic carbocycles. The molecule has 0 bridgehead atoms. The van der Waals surface area contributed by atoms with Gasteiger partial charge < -0.3 is 14.6 Å². The second kappa shape index (κ2) is 7.53. The van der Waals surface area contributed by atoms with Gasteiger partial charge in [0.05, 0.1) is 19.3 Å². The zero-order valence-corrected chi connectivity index (χ0v) is 8.95. The SMILES string of the molecule is CCOCC(C)OCC(C)=CC(=O)O. The molecule has 82 valence electrons. The Morgan fingerprint density at radius 2 is 2.21 bits per heavy atom. The zero-order valence-electron chi connectivity index (χ0n) is 8.95. The van der Waals surface area contributed by atoms with Crippen LogP contribution in [0.5, 0.6) is 0 Å². The van der Waals surface area contributed by atoms with E-state index in [0.29, 0.717) is 25.4 Å². The van der Waals surface area contributed by atoms with E-state index in [1.807, 2.05) is 13.8 Å². The number of carboxylic acid groups (broad SMARTS) is 1. The molecule has 14 heavy (non-hydrogen) atoms. The van der Waals surface area contributed by atoms with Crippen molar-refractivity contribution in [2.45, 2.75) is 26.9 Å². The number of carbonyl (C=O) groups is 1. The zero-order chi connectivity index (χ0) is 11.0. The fraction of sp³-hybridized carbons (Fsp3) is 0.700. The first-order valence-electron chi connectivity index (χ1n) is 4.65. The van der Waals surface area contributed by atoms with Crippen molar-refractivity contribution in [1.29, 1.82) is 0 Å². The summed E-state index contributed by atoms with van der Waals surface area (Å²) in [5.74, 6) is -0.941. The highest BCUT2D eigenvalue weighted by molar-refractivity contribution is 5.80. The van der Waals surface area contributed by atoms with Gasteiger partial charge in [-0.1, -0.05) is 0 Å². The van der Waals surface area contributed by atoms with Gasteiger partial charge in [-0.15, -0.1) is 0 Å². The molecule has 0 aromatic carbocycles. The Hall–Kier alpha value is -0.870. The van der Waals surface area contributed by atoms with Gasteiger partial charge in [0.15, 0.2) is 0 Å². The highest BCUT2D eigenvalue weighted by Gasteiger charge is 2.02. The van der Waals surface area contributed by atoms with Crippen molar-refractivity contribution in [3.05, 3.63) is 11.6 Å². The molecule has 0 spiro atoms. The molecule has 0 saturated heterocycles. The van der Waals surface area contributed by atoms with Crippen LogP contribution >= 0.6 is 0 Å². The van der Waals surface area contributed by atoms with Gasteiger partial charge in [0.2, 0.25) is 0 Å². The van der Waals surface area contributed by atoms with Crippen LogP contribution in [0.15, 0.2) is 11.6 Å². The molecule has 0 radical (unpaired) electrons. The van der Waals surface area contributed by atoms with Crippen molar-refractivity contribution in [1.82, 2.24) is 0 Å². The molecule has 0 amide bonds. The number of carboxylic acids is 1. The van der Waals surface area contributed by atoms with Crippen LogP contribution in [0.3, 0.4) is 0 Å². The van der Waals surface area contributed by atoms with Crippen LogP contribution in [-0.4, -0.2) is 37.0 Å². The van der Waals surface area contributed by atoms with E-state index >= 15 is 0 Å². The maximum atomic E-state index is 10.3. The van der Waals surface area contributed by atoms with Gasteiger partial charge in [-0.25, -0.2) is 4.79 Å². The molecular weight excluding hydrogens is 184 g/mol. The lowest BCUT2D eigenvalue weighted by Gasteiger charge is -2.12. The smallest absolute Gasteiger partial charge is 0.328 e. The lowest BCUT2D eigenvalue weighted by molar-refractivity contribution is -0.131. The summed E-state index contributed by atoms with van der Waals surface area (Å²) in [5, 5.41) is 8.43. The third-order valence-corrected chi connectivity index (χ3v) is 1.52. The molecule has 1 unspecified atom stereocenters. The van der Waals surface area contributed by atoms with E-state index in [1.54, 1.807) is 6.92 Å². The summed E-state index contributed by atoms with van der Waals surface area (Å²) in [7, 11) is 0. The minimum Gasteiger partial charge on any atom is -0.478 e. The van der Waals surface area contributed by atoms with E-state index in [9.17, 15) is 4.79 Å². The Morgan fingerprint density at radius 3 is 2.71 bits per heavy atom. The second-order valence-electron chi connectivity index (χ2n) is 3.11. The molecule has 0 rings (SSSR count). The van der Waals surface area contributed by atoms with E-state index in [4.69, 9.17) is 14.6 Å². The van der Waals surface area contributed by atoms with Crippen molar-refractivity contribution in [2.75, 3.05) is 19.8 Å². The molecule has 1 atom stereocenters. The Kier molecular flexibility index (Phi) is 7.06. The summed E-state index contributed by atoms with van der Waals surface area (Å²) in [6.45, 7) is 7.07. The van der Waals surface area contributed by atoms with Crippen molar-refractivity contribution < 1.29 is 19.4 Å². The first-order chi connectivity index (χ1) is 6.56. The molecule has 0 aliphatic rings. The third kappa shape index (κ3) is 7.76. The van der Waals surface area contributed by atoms with E-state index in [2.05, 4.69) is 0 Å². The lowest BCUT2D eigenvalue weighted by Crippen LogP contribution is -2.17. The summed E-state index contributed by atoms with van der Waals surface area (Å²) in [6, 6.07) is 0. The number of hydrogen-bond acceptors (Lipinski definition) is 3. The largest absolute Gasteiger partial charge is 0.478 e. The number of hydrogen-bond donors (Lipinski definition) is 1. The highest BCUT2D eigenvalue weighted by atomic mass is 16.5. The quantitative estimate of drug-likeness (QED) is 0.635. The molecule has 0 aromatic heterocycles. The molecule has 4 nitrogen and oxygen atoms in total. The van der Waals surface area contributed by atoms with Crippen molar-refractivity contribution >= 4 is 5.97 Å². The lowest BCUT2D eigenvalue weighted by atomic mass is 10.3. The van der Waals surface area contributed by atoms with Gasteiger partial charge in [-0.2, -0.15) is 0 Å². The van der Waals surface area contributed by atoms with Crippen molar-refractivity contribution in [3.8, 4) is 0 Å². The van der Waals surface area contributed by atoms with Crippen LogP contribution in [0.1, 0.15) is 20.8 Å². The average Bonchev–Trinajstić information content (AvgIpc) is 2.10. The molecule has 0 fully saturated rings. The molecule has 1 N–H and O–H groups in total. The van der Waals surface area contributed by atoms with E-state index in [0.717, 1.165) is 6.08 Å². The molecule has 0 heterocycles. The first-order valence-corrected chi connectivity index (χ1v) is 4.65. The second-order valence-corrected chi connectivity index (χ2v) is 3.11. The topological polar surface area (TPSA) is 55.8 Å². The van der Waals surface area contributed by atoms with Gasteiger partial charge in [-0.3, -0.25) is 0 Å². The minimum absolute atomic E-state index is 0.00732. The van der Waals surface area contributed by atoms with Gasteiger partial charge >= 0.3 is 5.97 Å². The number of ether oxygens (including phenoxy) is 2. The standard InChI is InChI=1S/C10H18O4/c1-4-13-7-9(3)14-6-8(2)5-10(11)12/h5,9H,4,6-7H2,1-3H3,(H,11,12). The summed E-state index contributed by atoms with van der Waals surface area (Å²) >= 11 is 0. The van der Waals surface area contributed by atoms with E-state index in [-0.39, 0.29) is 6.10 Å². The van der Waals surface area contributed by atoms with Crippen molar-refractivity contribution in [3.63, 3.8) is 0 Å². The molecule has 0 aliphatic heterocycles. The summed E-state index contributed by atoms with van der Waals surface area (Å²) < 4.78 is 10.5. The Morgan fingerprint density at radius 1 is 1.57 bits per heavy atom. The normalized spacial score (nSPS) is 14.1. The highest BCUT2D eigenvalue weighted by Crippen LogP contribution is 1.98. The van der Waals surface area contributed by atoms with Crippen molar-refractivity contribution in [2.24, 2.45) is 0 Å². The summed E-state index contributed by atoms with van der Waals surface area (Å²) in [6.07, 6.45) is 1.14. The third-order valence-electron chi connectivity index (χ3n) is 1.52. The fourth-order valence-electron chi connectivity index (χ4n) is 0.858. The van der Waals surface area contributed by atoms with Gasteiger partial charge in [-0.05, 0) is 26.3 Å². The number of rotatable bonds is 7. The number of aliphatic carboxylic acids is 1. The van der Waals surface area contributed by atoms with Crippen LogP contribution in [0.2, 0.25) is 0 Å². The average molecular weight is 202 g/mol. The van der Waals surface area contributed by atoms with Gasteiger partial charge in [0, 0.05) is 12.7 Å². The van der Waals surface area contributed by atoms with E-state index in [1.165, 1.54) is 0 Å². The Bertz CT molecular complexity index is 198. The van der Waals surface area contributed by atoms with Crippen LogP contribution in [0.4, 0.5) is 0 Å². The van der Waals surface area contributed by atoms with Crippen LogP contribution < -0.4 is 0 Å². The Balaban J connectivity index is 3.65. The van der Waals surface area contributed by atoms with Crippen LogP contribution in [0, 0.1) is 0 Å². The molecule has 0 saturated carbocycles.